The van der Waals surface area contributed by atoms with Crippen molar-refractivity contribution in [1.29, 1.82) is 0 Å². The Hall–Kier alpha value is -1.15. The maximum atomic E-state index is 3.47. The van der Waals surface area contributed by atoms with Gasteiger partial charge >= 0.3 is 0 Å². The molecule has 1 nitrogen and oxygen atoms in total. The summed E-state index contributed by atoms with van der Waals surface area (Å²) < 4.78 is 3.44. The van der Waals surface area contributed by atoms with Gasteiger partial charge in [0.15, 0.2) is 18.9 Å². The number of benzene rings is 1. The van der Waals surface area contributed by atoms with Gasteiger partial charge < -0.3 is 0 Å². The lowest BCUT2D eigenvalue weighted by Crippen LogP contribution is -2.34. The third-order valence-corrected chi connectivity index (χ3v) is 4.15. The highest BCUT2D eigenvalue weighted by molar-refractivity contribution is 9.10. The van der Waals surface area contributed by atoms with Crippen molar-refractivity contribution >= 4 is 15.9 Å². The molecule has 1 heterocycles. The fraction of sp³-hybridized carbons (Fsp3) is 0.312. The molecule has 0 amide bonds. The first kappa shape index (κ1) is 11.9. The molecule has 0 aliphatic heterocycles. The van der Waals surface area contributed by atoms with Gasteiger partial charge in [0.2, 0.25) is 0 Å². The molecular formula is C16H17BrN+. The van der Waals surface area contributed by atoms with E-state index in [-0.39, 0.29) is 0 Å². The lowest BCUT2D eigenvalue weighted by Gasteiger charge is -2.13. The molecule has 0 unspecified atom stereocenters. The normalized spacial score (nSPS) is 14.3. The summed E-state index contributed by atoms with van der Waals surface area (Å²) in [7, 11) is 0. The van der Waals surface area contributed by atoms with Crippen LogP contribution in [0.2, 0.25) is 0 Å². The van der Waals surface area contributed by atoms with Gasteiger partial charge in [0.1, 0.15) is 0 Å². The molecule has 0 radical (unpaired) electrons. The number of rotatable bonds is 2. The van der Waals surface area contributed by atoms with E-state index in [4.69, 9.17) is 0 Å². The van der Waals surface area contributed by atoms with Crippen LogP contribution in [0.25, 0.3) is 0 Å². The first-order valence-electron chi connectivity index (χ1n) is 6.56. The average molecular weight is 303 g/mol. The molecule has 1 aliphatic carbocycles. The van der Waals surface area contributed by atoms with E-state index < -0.39 is 0 Å². The maximum absolute atomic E-state index is 3.47. The van der Waals surface area contributed by atoms with Crippen LogP contribution in [0.4, 0.5) is 0 Å². The number of hydrogen-bond acceptors (Lipinski definition) is 0. The molecule has 0 atom stereocenters. The Morgan fingerprint density at radius 3 is 2.44 bits per heavy atom. The molecule has 0 spiro atoms. The van der Waals surface area contributed by atoms with Gasteiger partial charge in [-0.15, -0.1) is 0 Å². The van der Waals surface area contributed by atoms with Gasteiger partial charge in [-0.1, -0.05) is 28.1 Å². The Kier molecular flexibility index (Phi) is 3.46. The molecule has 0 saturated heterocycles. The van der Waals surface area contributed by atoms with Gasteiger partial charge in [0.05, 0.1) is 0 Å². The van der Waals surface area contributed by atoms with Gasteiger partial charge in [-0.05, 0) is 43.4 Å². The first-order valence-corrected chi connectivity index (χ1v) is 7.36. The van der Waals surface area contributed by atoms with Crippen molar-refractivity contribution in [3.05, 3.63) is 63.9 Å². The van der Waals surface area contributed by atoms with E-state index in [0.717, 1.165) is 11.0 Å². The summed E-state index contributed by atoms with van der Waals surface area (Å²) in [6, 6.07) is 10.9. The van der Waals surface area contributed by atoms with Gasteiger partial charge in [0, 0.05) is 21.7 Å². The lowest BCUT2D eigenvalue weighted by molar-refractivity contribution is -0.688. The number of fused-ring (bicyclic) bond motifs is 1. The number of hydrogen-bond donors (Lipinski definition) is 0. The van der Waals surface area contributed by atoms with Crippen LogP contribution in [-0.2, 0) is 19.4 Å². The van der Waals surface area contributed by atoms with Crippen molar-refractivity contribution in [2.45, 2.75) is 32.2 Å². The minimum atomic E-state index is 0.959. The van der Waals surface area contributed by atoms with Crippen LogP contribution in [0.5, 0.6) is 0 Å². The molecule has 0 bridgehead atoms. The van der Waals surface area contributed by atoms with Crippen LogP contribution >= 0.6 is 15.9 Å². The lowest BCUT2D eigenvalue weighted by atomic mass is 9.93. The molecule has 1 aromatic carbocycles. The third kappa shape index (κ3) is 2.64. The molecule has 2 aromatic rings. The highest BCUT2D eigenvalue weighted by atomic mass is 79.9. The van der Waals surface area contributed by atoms with Crippen molar-refractivity contribution < 1.29 is 4.57 Å². The van der Waals surface area contributed by atoms with Crippen LogP contribution in [0, 0.1) is 0 Å². The quantitative estimate of drug-likeness (QED) is 0.745. The largest absolute Gasteiger partial charge is 0.200 e. The molecule has 3 rings (SSSR count). The highest BCUT2D eigenvalue weighted by Gasteiger charge is 2.13. The zero-order valence-corrected chi connectivity index (χ0v) is 12.0. The number of nitrogens with zero attached hydrogens (tertiary/aromatic N) is 1. The van der Waals surface area contributed by atoms with Gasteiger partial charge in [0.25, 0.3) is 0 Å². The number of aryl methyl sites for hydroxylation is 2. The minimum absolute atomic E-state index is 0.959. The monoisotopic (exact) mass is 302 g/mol. The van der Waals surface area contributed by atoms with E-state index >= 15 is 0 Å². The van der Waals surface area contributed by atoms with E-state index in [0.29, 0.717) is 0 Å². The van der Waals surface area contributed by atoms with Gasteiger partial charge in [-0.3, -0.25) is 0 Å². The Morgan fingerprint density at radius 1 is 0.944 bits per heavy atom. The summed E-state index contributed by atoms with van der Waals surface area (Å²) in [6.45, 7) is 0.959. The van der Waals surface area contributed by atoms with E-state index in [9.17, 15) is 0 Å². The number of pyridine rings is 1. The van der Waals surface area contributed by atoms with E-state index in [1.165, 1.54) is 31.2 Å². The number of aromatic nitrogens is 1. The maximum Gasteiger partial charge on any atom is 0.173 e. The Bertz CT molecular complexity index is 546. The fourth-order valence-corrected chi connectivity index (χ4v) is 2.88. The van der Waals surface area contributed by atoms with Crippen LogP contribution in [0.3, 0.4) is 0 Å². The second-order valence-corrected chi connectivity index (χ2v) is 5.92. The summed E-state index contributed by atoms with van der Waals surface area (Å²) in [6.07, 6.45) is 9.74. The molecule has 0 N–H and O–H groups in total. The molecule has 18 heavy (non-hydrogen) atoms. The molecule has 2 heteroatoms. The zero-order chi connectivity index (χ0) is 12.4. The topological polar surface area (TPSA) is 3.88 Å². The van der Waals surface area contributed by atoms with Crippen LogP contribution in [0.1, 0.15) is 29.5 Å². The van der Waals surface area contributed by atoms with Crippen molar-refractivity contribution in [2.24, 2.45) is 0 Å². The standard InChI is InChI=1S/C16H17BrN/c17-16-7-5-13(6-8-16)11-18-10-9-14-3-1-2-4-15(14)12-18/h5-10,12H,1-4,11H2/q+1. The minimum Gasteiger partial charge on any atom is -0.200 e. The number of halogens is 1. The predicted octanol–water partition coefficient (Wildman–Crippen LogP) is 3.66. The Balaban J connectivity index is 1.82. The van der Waals surface area contributed by atoms with Crippen molar-refractivity contribution in [1.82, 2.24) is 0 Å². The van der Waals surface area contributed by atoms with Gasteiger partial charge in [-0.25, -0.2) is 4.57 Å². The summed E-state index contributed by atoms with van der Waals surface area (Å²) in [5, 5.41) is 0. The predicted molar refractivity (Wildman–Crippen MR) is 76.5 cm³/mol. The van der Waals surface area contributed by atoms with E-state index in [1.54, 1.807) is 11.1 Å². The van der Waals surface area contributed by atoms with Gasteiger partial charge in [-0.2, -0.15) is 0 Å². The Labute approximate surface area is 117 Å². The smallest absolute Gasteiger partial charge is 0.173 e. The van der Waals surface area contributed by atoms with Crippen molar-refractivity contribution in [3.8, 4) is 0 Å². The second kappa shape index (κ2) is 5.23. The van der Waals surface area contributed by atoms with E-state index in [1.807, 2.05) is 0 Å². The average Bonchev–Trinajstić information content (AvgIpc) is 2.41. The molecule has 1 aliphatic rings. The summed E-state index contributed by atoms with van der Waals surface area (Å²) in [5.74, 6) is 0. The molecular weight excluding hydrogens is 286 g/mol. The Morgan fingerprint density at radius 2 is 1.67 bits per heavy atom. The third-order valence-electron chi connectivity index (χ3n) is 3.62. The van der Waals surface area contributed by atoms with Crippen LogP contribution in [-0.4, -0.2) is 0 Å². The van der Waals surface area contributed by atoms with Crippen molar-refractivity contribution in [3.63, 3.8) is 0 Å². The SMILES string of the molecule is Brc1ccc(C[n+]2ccc3c(c2)CCCC3)cc1. The summed E-state index contributed by atoms with van der Waals surface area (Å²) in [5.41, 5.74) is 4.44. The molecule has 0 saturated carbocycles. The zero-order valence-electron chi connectivity index (χ0n) is 10.4. The molecule has 92 valence electrons. The summed E-state index contributed by atoms with van der Waals surface area (Å²) in [4.78, 5) is 0. The second-order valence-electron chi connectivity index (χ2n) is 5.00. The van der Waals surface area contributed by atoms with Crippen molar-refractivity contribution in [2.75, 3.05) is 0 Å². The molecule has 1 aromatic heterocycles. The first-order chi connectivity index (χ1) is 8.81. The van der Waals surface area contributed by atoms with Crippen LogP contribution < -0.4 is 4.57 Å². The summed E-state index contributed by atoms with van der Waals surface area (Å²) >= 11 is 3.47. The fourth-order valence-electron chi connectivity index (χ4n) is 2.62. The highest BCUT2D eigenvalue weighted by Crippen LogP contribution is 2.19. The van der Waals surface area contributed by atoms with E-state index in [2.05, 4.69) is 63.2 Å². The molecule has 0 fully saturated rings. The van der Waals surface area contributed by atoms with Crippen LogP contribution in [0.15, 0.2) is 47.2 Å².